The van der Waals surface area contributed by atoms with Crippen LogP contribution < -0.4 is 21.3 Å². The highest BCUT2D eigenvalue weighted by atomic mass is 19.4. The lowest BCUT2D eigenvalue weighted by molar-refractivity contribution is -0.139. The summed E-state index contributed by atoms with van der Waals surface area (Å²) in [4.78, 5) is 46.7. The summed E-state index contributed by atoms with van der Waals surface area (Å²) >= 11 is 0. The van der Waals surface area contributed by atoms with E-state index >= 15 is 0 Å². The summed E-state index contributed by atoms with van der Waals surface area (Å²) in [6.07, 6.45) is -7.63. The number of carbonyl (C=O) groups excluding carboxylic acids is 3. The predicted molar refractivity (Wildman–Crippen MR) is 153 cm³/mol. The molecule has 2 aliphatic heterocycles. The molecule has 0 spiro atoms. The Morgan fingerprint density at radius 3 is 2.38 bits per heavy atom. The van der Waals surface area contributed by atoms with E-state index in [1.807, 2.05) is 48.5 Å². The molecule has 8 nitrogen and oxygen atoms in total. The molecule has 4 N–H and O–H groups in total. The number of rotatable bonds is 9. The highest BCUT2D eigenvalue weighted by Gasteiger charge is 2.40. The smallest absolute Gasteiger partial charge is 0.382 e. The van der Waals surface area contributed by atoms with Gasteiger partial charge in [-0.2, -0.15) is 13.2 Å². The first kappa shape index (κ1) is 28.8. The Kier molecular flexibility index (Phi) is 8.28. The number of halogens is 3. The summed E-state index contributed by atoms with van der Waals surface area (Å²) in [6, 6.07) is 23.0. The molecule has 0 bridgehead atoms. The van der Waals surface area contributed by atoms with Crippen molar-refractivity contribution in [1.82, 2.24) is 5.32 Å². The average Bonchev–Trinajstić information content (AvgIpc) is 3.09. The zero-order chi connectivity index (χ0) is 29.9. The van der Waals surface area contributed by atoms with Gasteiger partial charge in [-0.15, -0.1) is 0 Å². The number of nitrogens with two attached hydrogens (primary N) is 1. The number of para-hydroxylation sites is 1. The molecule has 218 valence electrons. The molecule has 0 saturated heterocycles. The van der Waals surface area contributed by atoms with E-state index in [-0.39, 0.29) is 6.42 Å². The lowest BCUT2D eigenvalue weighted by atomic mass is 9.81. The Bertz CT molecular complexity index is 1490. The lowest BCUT2D eigenvalue weighted by Crippen LogP contribution is -2.52. The number of primary amides is 1. The quantitative estimate of drug-likeness (QED) is 0.351. The van der Waals surface area contributed by atoms with Crippen molar-refractivity contribution in [2.45, 2.75) is 37.5 Å². The summed E-state index contributed by atoms with van der Waals surface area (Å²) in [6.45, 7) is 0.789. The Morgan fingerprint density at radius 1 is 1.02 bits per heavy atom. The fourth-order valence-electron chi connectivity index (χ4n) is 5.59. The first-order valence-corrected chi connectivity index (χ1v) is 13.7. The number of alkyl halides is 3. The lowest BCUT2D eigenvalue weighted by Gasteiger charge is -2.32. The van der Waals surface area contributed by atoms with Crippen molar-refractivity contribution in [2.24, 2.45) is 16.6 Å². The van der Waals surface area contributed by atoms with Crippen LogP contribution in [0.2, 0.25) is 0 Å². The number of carbonyl (C=O) groups is 3. The second kappa shape index (κ2) is 12.1. The van der Waals surface area contributed by atoms with Gasteiger partial charge in [0.1, 0.15) is 0 Å². The van der Waals surface area contributed by atoms with Gasteiger partial charge in [0.25, 0.3) is 5.91 Å². The van der Waals surface area contributed by atoms with Gasteiger partial charge in [0, 0.05) is 30.6 Å². The molecule has 5 rings (SSSR count). The Hall–Kier alpha value is -4.67. The molecular formula is C31H30F3N5O3. The van der Waals surface area contributed by atoms with Crippen LogP contribution in [0.1, 0.15) is 41.9 Å². The van der Waals surface area contributed by atoms with Crippen LogP contribution in [0.15, 0.2) is 83.9 Å². The van der Waals surface area contributed by atoms with Gasteiger partial charge in [0.2, 0.25) is 18.0 Å². The van der Waals surface area contributed by atoms with E-state index in [0.717, 1.165) is 5.69 Å². The molecule has 0 saturated carbocycles. The van der Waals surface area contributed by atoms with Crippen molar-refractivity contribution in [3.63, 3.8) is 0 Å². The van der Waals surface area contributed by atoms with Crippen LogP contribution >= 0.6 is 0 Å². The minimum Gasteiger partial charge on any atom is -0.382 e. The fraction of sp³-hybridized carbons (Fsp3) is 0.290. The maximum Gasteiger partial charge on any atom is 0.389 e. The summed E-state index contributed by atoms with van der Waals surface area (Å²) in [7, 11) is 0. The molecule has 3 atom stereocenters. The number of amides is 3. The molecule has 11 heteroatoms. The van der Waals surface area contributed by atoms with Crippen molar-refractivity contribution in [2.75, 3.05) is 23.3 Å². The van der Waals surface area contributed by atoms with E-state index in [4.69, 9.17) is 10.7 Å². The van der Waals surface area contributed by atoms with Crippen molar-refractivity contribution < 1.29 is 27.6 Å². The van der Waals surface area contributed by atoms with Crippen molar-refractivity contribution in [3.8, 4) is 0 Å². The molecule has 0 unspecified atom stereocenters. The van der Waals surface area contributed by atoms with Crippen LogP contribution in [0.5, 0.6) is 0 Å². The van der Waals surface area contributed by atoms with Gasteiger partial charge >= 0.3 is 6.18 Å². The molecule has 0 aromatic heterocycles. The van der Waals surface area contributed by atoms with Crippen molar-refractivity contribution in [3.05, 3.63) is 95.6 Å². The van der Waals surface area contributed by atoms with E-state index < -0.39 is 54.7 Å². The normalized spacial score (nSPS) is 17.7. The molecular weight excluding hydrogens is 547 g/mol. The zero-order valence-corrected chi connectivity index (χ0v) is 22.6. The summed E-state index contributed by atoms with van der Waals surface area (Å²) in [5.41, 5.74) is 9.38. The summed E-state index contributed by atoms with van der Waals surface area (Å²) in [5.74, 6) is -4.59. The summed E-state index contributed by atoms with van der Waals surface area (Å²) < 4.78 is 39.1. The third-order valence-electron chi connectivity index (χ3n) is 7.48. The fourth-order valence-corrected chi connectivity index (χ4v) is 5.59. The number of hydrogen-bond donors (Lipinski definition) is 3. The van der Waals surface area contributed by atoms with Gasteiger partial charge in [-0.1, -0.05) is 72.8 Å². The maximum absolute atomic E-state index is 13.9. The standard InChI is InChI=1S/C31H30F3N5O3/c32-31(33,34)16-8-14-21(24(27(35)40)19-9-3-1-4-10-19)29(41)38-28-30(42)39-18-17-36-23-15-7-13-22(26(23)39)25(37-28)20-11-5-2-6-12-20/h1-7,9-13,15,21,24,28,36H,8,14,16-18H2,(H2,35,40)(H,38,41)/t21-,24+,28-/m1/s1. The highest BCUT2D eigenvalue weighted by Crippen LogP contribution is 2.37. The molecule has 42 heavy (non-hydrogen) atoms. The molecule has 0 aliphatic carbocycles. The van der Waals surface area contributed by atoms with Crippen LogP contribution in [-0.2, 0) is 14.4 Å². The molecule has 2 heterocycles. The Balaban J connectivity index is 1.54. The monoisotopic (exact) mass is 577 g/mol. The molecule has 3 aromatic rings. The van der Waals surface area contributed by atoms with Crippen LogP contribution in [0.25, 0.3) is 0 Å². The average molecular weight is 578 g/mol. The van der Waals surface area contributed by atoms with E-state index in [9.17, 15) is 27.6 Å². The van der Waals surface area contributed by atoms with E-state index in [1.165, 1.54) is 0 Å². The van der Waals surface area contributed by atoms with E-state index in [1.54, 1.807) is 35.2 Å². The van der Waals surface area contributed by atoms with Crippen molar-refractivity contribution >= 4 is 34.8 Å². The Morgan fingerprint density at radius 2 is 1.71 bits per heavy atom. The van der Waals surface area contributed by atoms with Gasteiger partial charge in [-0.3, -0.25) is 14.4 Å². The van der Waals surface area contributed by atoms with Crippen molar-refractivity contribution in [1.29, 1.82) is 0 Å². The zero-order valence-electron chi connectivity index (χ0n) is 22.6. The van der Waals surface area contributed by atoms with Gasteiger partial charge < -0.3 is 21.3 Å². The minimum atomic E-state index is -4.44. The van der Waals surface area contributed by atoms with Crippen LogP contribution in [-0.4, -0.2) is 48.9 Å². The number of hydrogen-bond acceptors (Lipinski definition) is 5. The number of benzene rings is 3. The second-order valence-corrected chi connectivity index (χ2v) is 10.3. The Labute approximate surface area is 240 Å². The molecule has 0 fully saturated rings. The topological polar surface area (TPSA) is 117 Å². The van der Waals surface area contributed by atoms with Gasteiger partial charge in [0.15, 0.2) is 0 Å². The number of aliphatic imine (C=N–C) groups is 1. The number of anilines is 2. The SMILES string of the molecule is NC(=O)[C@@H](c1ccccc1)[C@@H](CCCC(F)(F)F)C(=O)N[C@H]1N=C(c2ccccc2)c2cccc3c2N(CCN3)C1=O. The number of nitrogens with zero attached hydrogens (tertiary/aromatic N) is 2. The first-order valence-electron chi connectivity index (χ1n) is 13.7. The molecule has 0 radical (unpaired) electrons. The van der Waals surface area contributed by atoms with Crippen LogP contribution in [0, 0.1) is 5.92 Å². The third-order valence-corrected chi connectivity index (χ3v) is 7.48. The van der Waals surface area contributed by atoms with Gasteiger partial charge in [-0.05, 0) is 24.5 Å². The van der Waals surface area contributed by atoms with Crippen LogP contribution in [0.3, 0.4) is 0 Å². The van der Waals surface area contributed by atoms with E-state index in [2.05, 4.69) is 10.6 Å². The number of nitrogens with one attached hydrogen (secondary N) is 2. The summed E-state index contributed by atoms with van der Waals surface area (Å²) in [5, 5.41) is 5.97. The van der Waals surface area contributed by atoms with E-state index in [0.29, 0.717) is 41.2 Å². The van der Waals surface area contributed by atoms with Crippen LogP contribution in [0.4, 0.5) is 24.5 Å². The van der Waals surface area contributed by atoms with Gasteiger partial charge in [-0.25, -0.2) is 4.99 Å². The molecule has 3 amide bonds. The maximum atomic E-state index is 13.9. The predicted octanol–water partition coefficient (Wildman–Crippen LogP) is 4.36. The minimum absolute atomic E-state index is 0.276. The molecule has 2 aliphatic rings. The highest BCUT2D eigenvalue weighted by molar-refractivity contribution is 6.22. The largest absolute Gasteiger partial charge is 0.389 e. The first-order chi connectivity index (χ1) is 20.1. The van der Waals surface area contributed by atoms with Gasteiger partial charge in [0.05, 0.1) is 28.9 Å². The molecule has 3 aromatic carbocycles. The third kappa shape index (κ3) is 6.14. The second-order valence-electron chi connectivity index (χ2n) is 10.3.